The summed E-state index contributed by atoms with van der Waals surface area (Å²) < 4.78 is 44.4. The minimum atomic E-state index is -2.08. The van der Waals surface area contributed by atoms with Gasteiger partial charge in [0.15, 0.2) is 5.82 Å². The zero-order valence-electron chi connectivity index (χ0n) is 11.0. The van der Waals surface area contributed by atoms with Gasteiger partial charge in [0, 0.05) is 0 Å². The number of benzene rings is 1. The lowest BCUT2D eigenvalue weighted by Crippen LogP contribution is -2.24. The van der Waals surface area contributed by atoms with Crippen LogP contribution in [0.5, 0.6) is 0 Å². The summed E-state index contributed by atoms with van der Waals surface area (Å²) in [7, 11) is 0. The van der Waals surface area contributed by atoms with Crippen LogP contribution in [0.1, 0.15) is 25.3 Å². The summed E-state index contributed by atoms with van der Waals surface area (Å²) in [6.45, 7) is 2.16. The smallest absolute Gasteiger partial charge is 0.321 e. The molecule has 0 amide bonds. The molecule has 0 heterocycles. The molecule has 0 radical (unpaired) electrons. The summed E-state index contributed by atoms with van der Waals surface area (Å²) in [6.07, 6.45) is 0. The van der Waals surface area contributed by atoms with Crippen molar-refractivity contribution in [2.45, 2.75) is 19.8 Å². The molecule has 21 heavy (non-hydrogen) atoms. The number of carbonyl (C=O) groups excluding carboxylic acids is 2. The van der Waals surface area contributed by atoms with Crippen LogP contribution in [0.3, 0.4) is 0 Å². The summed E-state index contributed by atoms with van der Waals surface area (Å²) >= 11 is 0. The van der Waals surface area contributed by atoms with E-state index in [1.807, 2.05) is 0 Å². The number of esters is 1. The van der Waals surface area contributed by atoms with E-state index in [4.69, 9.17) is 0 Å². The third-order valence-electron chi connectivity index (χ3n) is 2.59. The van der Waals surface area contributed by atoms with Crippen LogP contribution in [0.15, 0.2) is 6.07 Å². The third-order valence-corrected chi connectivity index (χ3v) is 2.59. The Morgan fingerprint density at radius 3 is 2.33 bits per heavy atom. The first-order valence-corrected chi connectivity index (χ1v) is 5.71. The Morgan fingerprint density at radius 1 is 1.33 bits per heavy atom. The van der Waals surface area contributed by atoms with Gasteiger partial charge in [-0.05, 0) is 19.9 Å². The van der Waals surface area contributed by atoms with Crippen LogP contribution >= 0.6 is 0 Å². The Kier molecular flexibility index (Phi) is 5.01. The van der Waals surface area contributed by atoms with E-state index in [0.29, 0.717) is 0 Å². The number of ketones is 1. The maximum absolute atomic E-state index is 13.5. The number of Topliss-reactive ketones (excluding diaryl/α,β-unsaturated/α-hetero) is 1. The van der Waals surface area contributed by atoms with Crippen molar-refractivity contribution in [3.8, 4) is 0 Å². The van der Waals surface area contributed by atoms with Gasteiger partial charge >= 0.3 is 11.7 Å². The Bertz CT molecular complexity index is 617. The summed E-state index contributed by atoms with van der Waals surface area (Å²) in [6, 6.07) is 0.250. The molecule has 0 saturated heterocycles. The van der Waals surface area contributed by atoms with Gasteiger partial charge in [-0.3, -0.25) is 19.7 Å². The van der Waals surface area contributed by atoms with E-state index in [9.17, 15) is 32.9 Å². The van der Waals surface area contributed by atoms with Crippen molar-refractivity contribution in [1.82, 2.24) is 0 Å². The van der Waals surface area contributed by atoms with Gasteiger partial charge in [-0.2, -0.15) is 4.39 Å². The predicted molar refractivity (Wildman–Crippen MR) is 63.0 cm³/mol. The molecule has 0 spiro atoms. The quantitative estimate of drug-likeness (QED) is 0.274. The fourth-order valence-electron chi connectivity index (χ4n) is 1.75. The maximum Gasteiger partial charge on any atom is 0.321 e. The van der Waals surface area contributed by atoms with Gasteiger partial charge in [0.2, 0.25) is 11.6 Å². The minimum Gasteiger partial charge on any atom is -0.465 e. The normalized spacial score (nSPS) is 11.9. The SMILES string of the molecule is CCOC(=O)C(C(C)=O)c1cc(F)c(F)c(F)c1[N+](=O)[O-]. The monoisotopic (exact) mass is 305 g/mol. The van der Waals surface area contributed by atoms with Crippen LogP contribution in [-0.2, 0) is 14.3 Å². The average molecular weight is 305 g/mol. The van der Waals surface area contributed by atoms with E-state index in [1.54, 1.807) is 0 Å². The fourth-order valence-corrected chi connectivity index (χ4v) is 1.75. The molecule has 0 fully saturated rings. The molecule has 0 saturated carbocycles. The number of ether oxygens (including phenoxy) is 1. The second-order valence-electron chi connectivity index (χ2n) is 3.98. The summed E-state index contributed by atoms with van der Waals surface area (Å²) in [5, 5.41) is 10.8. The van der Waals surface area contributed by atoms with E-state index in [1.165, 1.54) is 6.92 Å². The molecule has 9 heteroatoms. The number of carbonyl (C=O) groups is 2. The van der Waals surface area contributed by atoms with Gasteiger partial charge in [-0.1, -0.05) is 0 Å². The van der Waals surface area contributed by atoms with Crippen LogP contribution in [-0.4, -0.2) is 23.3 Å². The number of hydrogen-bond acceptors (Lipinski definition) is 5. The van der Waals surface area contributed by atoms with Gasteiger partial charge in [-0.15, -0.1) is 0 Å². The first-order chi connectivity index (χ1) is 9.72. The molecule has 1 aromatic carbocycles. The molecule has 0 N–H and O–H groups in total. The lowest BCUT2D eigenvalue weighted by atomic mass is 9.93. The predicted octanol–water partition coefficient (Wildman–Crippen LogP) is 2.25. The highest BCUT2D eigenvalue weighted by atomic mass is 19.2. The van der Waals surface area contributed by atoms with E-state index in [2.05, 4.69) is 4.74 Å². The molecule has 1 unspecified atom stereocenters. The van der Waals surface area contributed by atoms with Crippen LogP contribution in [0.25, 0.3) is 0 Å². The summed E-state index contributed by atoms with van der Waals surface area (Å²) in [5.41, 5.74) is -2.36. The Hall–Kier alpha value is -2.45. The molecular weight excluding hydrogens is 295 g/mol. The van der Waals surface area contributed by atoms with Crippen LogP contribution in [0, 0.1) is 27.6 Å². The van der Waals surface area contributed by atoms with E-state index in [-0.39, 0.29) is 12.7 Å². The molecular formula is C12H10F3NO5. The van der Waals surface area contributed by atoms with Crippen molar-refractivity contribution in [3.05, 3.63) is 39.2 Å². The van der Waals surface area contributed by atoms with Crippen molar-refractivity contribution >= 4 is 17.4 Å². The van der Waals surface area contributed by atoms with Crippen molar-refractivity contribution in [3.63, 3.8) is 0 Å². The number of halogens is 3. The van der Waals surface area contributed by atoms with E-state index in [0.717, 1.165) is 6.92 Å². The van der Waals surface area contributed by atoms with Gasteiger partial charge in [0.05, 0.1) is 17.1 Å². The molecule has 0 aliphatic heterocycles. The fraction of sp³-hybridized carbons (Fsp3) is 0.333. The average Bonchev–Trinajstić information content (AvgIpc) is 2.35. The summed E-state index contributed by atoms with van der Waals surface area (Å²) in [4.78, 5) is 32.6. The standard InChI is InChI=1S/C12H10F3NO5/c1-3-21-12(18)8(5(2)17)6-4-7(13)9(14)10(15)11(6)16(19)20/h4,8H,3H2,1-2H3. The number of hydrogen-bond donors (Lipinski definition) is 0. The van der Waals surface area contributed by atoms with E-state index < -0.39 is 51.3 Å². The molecule has 1 aromatic rings. The molecule has 1 rings (SSSR count). The second kappa shape index (κ2) is 6.33. The first-order valence-electron chi connectivity index (χ1n) is 5.71. The van der Waals surface area contributed by atoms with Gasteiger partial charge < -0.3 is 4.74 Å². The third kappa shape index (κ3) is 3.18. The number of nitro groups is 1. The topological polar surface area (TPSA) is 86.5 Å². The van der Waals surface area contributed by atoms with Gasteiger partial charge in [0.1, 0.15) is 11.7 Å². The molecule has 0 aromatic heterocycles. The zero-order valence-corrected chi connectivity index (χ0v) is 11.0. The molecule has 114 valence electrons. The first kappa shape index (κ1) is 16.6. The van der Waals surface area contributed by atoms with Gasteiger partial charge in [-0.25, -0.2) is 8.78 Å². The largest absolute Gasteiger partial charge is 0.465 e. The molecule has 0 bridgehead atoms. The Balaban J connectivity index is 3.62. The van der Waals surface area contributed by atoms with Crippen LogP contribution in [0.4, 0.5) is 18.9 Å². The highest BCUT2D eigenvalue weighted by molar-refractivity contribution is 6.04. The second-order valence-corrected chi connectivity index (χ2v) is 3.98. The van der Waals surface area contributed by atoms with E-state index >= 15 is 0 Å². The lowest BCUT2D eigenvalue weighted by molar-refractivity contribution is -0.388. The van der Waals surface area contributed by atoms with Crippen molar-refractivity contribution in [2.24, 2.45) is 0 Å². The zero-order chi connectivity index (χ0) is 16.3. The minimum absolute atomic E-state index is 0.150. The summed E-state index contributed by atoms with van der Waals surface area (Å²) in [5.74, 6) is -9.93. The highest BCUT2D eigenvalue weighted by Gasteiger charge is 2.38. The van der Waals surface area contributed by atoms with Crippen LogP contribution in [0.2, 0.25) is 0 Å². The number of rotatable bonds is 5. The number of nitro benzene ring substituents is 1. The van der Waals surface area contributed by atoms with Crippen LogP contribution < -0.4 is 0 Å². The molecule has 6 nitrogen and oxygen atoms in total. The highest BCUT2D eigenvalue weighted by Crippen LogP contribution is 2.33. The van der Waals surface area contributed by atoms with Crippen molar-refractivity contribution in [1.29, 1.82) is 0 Å². The number of nitrogens with zero attached hydrogens (tertiary/aromatic N) is 1. The lowest BCUT2D eigenvalue weighted by Gasteiger charge is -2.14. The maximum atomic E-state index is 13.5. The Labute approximate surface area is 116 Å². The molecule has 1 atom stereocenters. The molecule has 0 aliphatic rings. The van der Waals surface area contributed by atoms with Crippen molar-refractivity contribution in [2.75, 3.05) is 6.61 Å². The Morgan fingerprint density at radius 2 is 1.90 bits per heavy atom. The molecule has 0 aliphatic carbocycles. The van der Waals surface area contributed by atoms with Crippen molar-refractivity contribution < 1.29 is 32.4 Å². The van der Waals surface area contributed by atoms with Gasteiger partial charge in [0.25, 0.3) is 0 Å².